The Morgan fingerprint density at radius 2 is 1.90 bits per heavy atom. The van der Waals surface area contributed by atoms with E-state index in [0.29, 0.717) is 0 Å². The van der Waals surface area contributed by atoms with Crippen molar-refractivity contribution in [2.75, 3.05) is 11.4 Å². The summed E-state index contributed by atoms with van der Waals surface area (Å²) in [6.45, 7) is 2.99. The van der Waals surface area contributed by atoms with Gasteiger partial charge >= 0.3 is 0 Å². The van der Waals surface area contributed by atoms with Gasteiger partial charge in [-0.1, -0.05) is 35.9 Å². The number of para-hydroxylation sites is 1. The molecule has 1 atom stereocenters. The van der Waals surface area contributed by atoms with Crippen LogP contribution < -0.4 is 10.6 Å². The van der Waals surface area contributed by atoms with E-state index in [4.69, 9.17) is 17.3 Å². The number of benzene rings is 2. The van der Waals surface area contributed by atoms with Crippen molar-refractivity contribution >= 4 is 23.0 Å². The highest BCUT2D eigenvalue weighted by molar-refractivity contribution is 6.33. The van der Waals surface area contributed by atoms with Gasteiger partial charge in [-0.25, -0.2) is 0 Å². The van der Waals surface area contributed by atoms with Crippen LogP contribution in [0.15, 0.2) is 42.5 Å². The molecule has 0 saturated heterocycles. The summed E-state index contributed by atoms with van der Waals surface area (Å²) in [6.07, 6.45) is 3.55. The van der Waals surface area contributed by atoms with E-state index in [1.54, 1.807) is 0 Å². The summed E-state index contributed by atoms with van der Waals surface area (Å²) in [7, 11) is 0. The van der Waals surface area contributed by atoms with E-state index in [0.717, 1.165) is 29.2 Å². The Morgan fingerprint density at radius 1 is 1.10 bits per heavy atom. The number of fused-ring (bicyclic) bond motifs is 1. The van der Waals surface area contributed by atoms with Gasteiger partial charge in [0.05, 0.1) is 10.7 Å². The van der Waals surface area contributed by atoms with Gasteiger partial charge in [0.1, 0.15) is 0 Å². The molecule has 0 unspecified atom stereocenters. The number of nitrogens with zero attached hydrogens (tertiary/aromatic N) is 1. The van der Waals surface area contributed by atoms with Crippen molar-refractivity contribution in [3.05, 3.63) is 58.6 Å². The maximum absolute atomic E-state index is 6.53. The molecule has 1 aliphatic rings. The molecule has 0 fully saturated rings. The summed E-state index contributed by atoms with van der Waals surface area (Å²) < 4.78 is 0. The monoisotopic (exact) mass is 300 g/mol. The van der Waals surface area contributed by atoms with Gasteiger partial charge < -0.3 is 10.6 Å². The van der Waals surface area contributed by atoms with Gasteiger partial charge in [0.2, 0.25) is 0 Å². The maximum atomic E-state index is 6.53. The van der Waals surface area contributed by atoms with E-state index in [1.165, 1.54) is 24.1 Å². The molecule has 2 N–H and O–H groups in total. The molecule has 2 aromatic carbocycles. The number of rotatable bonds is 2. The molecule has 110 valence electrons. The maximum Gasteiger partial charge on any atom is 0.0646 e. The van der Waals surface area contributed by atoms with Crippen LogP contribution in [0.3, 0.4) is 0 Å². The molecule has 21 heavy (non-hydrogen) atoms. The first-order valence-electron chi connectivity index (χ1n) is 7.57. The average Bonchev–Trinajstić information content (AvgIpc) is 2.69. The van der Waals surface area contributed by atoms with Gasteiger partial charge in [-0.2, -0.15) is 0 Å². The smallest absolute Gasteiger partial charge is 0.0646 e. The molecule has 2 nitrogen and oxygen atoms in total. The van der Waals surface area contributed by atoms with Crippen LogP contribution in [0.2, 0.25) is 5.02 Å². The molecule has 0 aliphatic carbocycles. The Balaban J connectivity index is 2.04. The number of hydrogen-bond donors (Lipinski definition) is 1. The molecular weight excluding hydrogens is 280 g/mol. The standard InChI is InChI=1S/C18H21ClN2/c1-13(20)15-9-10-18(16(19)12-15)21-11-5-4-7-14-6-2-3-8-17(14)21/h2-3,6,8-10,12-13H,4-5,7,11,20H2,1H3/t13-/m1/s1. The number of anilines is 2. The normalized spacial score (nSPS) is 16.2. The van der Waals surface area contributed by atoms with Crippen molar-refractivity contribution < 1.29 is 0 Å². The minimum Gasteiger partial charge on any atom is -0.340 e. The predicted octanol–water partition coefficient (Wildman–Crippen LogP) is 4.83. The Kier molecular flexibility index (Phi) is 4.18. The summed E-state index contributed by atoms with van der Waals surface area (Å²) in [5.41, 5.74) is 10.8. The first-order valence-corrected chi connectivity index (χ1v) is 7.95. The molecule has 0 radical (unpaired) electrons. The van der Waals surface area contributed by atoms with Gasteiger partial charge in [-0.05, 0) is 55.5 Å². The van der Waals surface area contributed by atoms with Crippen molar-refractivity contribution in [2.45, 2.75) is 32.2 Å². The molecule has 3 rings (SSSR count). The van der Waals surface area contributed by atoms with E-state index in [2.05, 4.69) is 41.3 Å². The van der Waals surface area contributed by atoms with Crippen molar-refractivity contribution in [3.63, 3.8) is 0 Å². The molecule has 2 aromatic rings. The first-order chi connectivity index (χ1) is 10.2. The zero-order valence-corrected chi connectivity index (χ0v) is 13.1. The Labute approximate surface area is 131 Å². The third-order valence-corrected chi connectivity index (χ3v) is 4.45. The van der Waals surface area contributed by atoms with Crippen molar-refractivity contribution in [3.8, 4) is 0 Å². The summed E-state index contributed by atoms with van der Waals surface area (Å²) in [6, 6.07) is 14.8. The van der Waals surface area contributed by atoms with Gasteiger partial charge in [0.25, 0.3) is 0 Å². The Bertz CT molecular complexity index is 637. The van der Waals surface area contributed by atoms with E-state index in [1.807, 2.05) is 13.0 Å². The molecular formula is C18H21ClN2. The van der Waals surface area contributed by atoms with Gasteiger partial charge in [-0.3, -0.25) is 0 Å². The second-order valence-corrected chi connectivity index (χ2v) is 6.14. The van der Waals surface area contributed by atoms with E-state index in [9.17, 15) is 0 Å². The minimum absolute atomic E-state index is 0.00738. The zero-order valence-electron chi connectivity index (χ0n) is 12.3. The SMILES string of the molecule is C[C@@H](N)c1ccc(N2CCCCc3ccccc32)c(Cl)c1. The van der Waals surface area contributed by atoms with Crippen LogP contribution in [0, 0.1) is 0 Å². The van der Waals surface area contributed by atoms with E-state index in [-0.39, 0.29) is 6.04 Å². The van der Waals surface area contributed by atoms with Gasteiger partial charge in [0.15, 0.2) is 0 Å². The summed E-state index contributed by atoms with van der Waals surface area (Å²) >= 11 is 6.53. The predicted molar refractivity (Wildman–Crippen MR) is 90.4 cm³/mol. The summed E-state index contributed by atoms with van der Waals surface area (Å²) in [5, 5.41) is 0.779. The lowest BCUT2D eigenvalue weighted by molar-refractivity contribution is 0.760. The molecule has 0 amide bonds. The molecule has 0 aromatic heterocycles. The second-order valence-electron chi connectivity index (χ2n) is 5.74. The van der Waals surface area contributed by atoms with Gasteiger partial charge in [0, 0.05) is 18.3 Å². The third kappa shape index (κ3) is 2.92. The zero-order chi connectivity index (χ0) is 14.8. The van der Waals surface area contributed by atoms with Crippen molar-refractivity contribution in [1.29, 1.82) is 0 Å². The topological polar surface area (TPSA) is 29.3 Å². The number of halogens is 1. The minimum atomic E-state index is 0.00738. The van der Waals surface area contributed by atoms with E-state index < -0.39 is 0 Å². The van der Waals surface area contributed by atoms with Crippen LogP contribution in [0.25, 0.3) is 0 Å². The van der Waals surface area contributed by atoms with Crippen molar-refractivity contribution in [1.82, 2.24) is 0 Å². The lowest BCUT2D eigenvalue weighted by Crippen LogP contribution is -2.18. The van der Waals surface area contributed by atoms with Crippen LogP contribution in [-0.4, -0.2) is 6.54 Å². The quantitative estimate of drug-likeness (QED) is 0.860. The highest BCUT2D eigenvalue weighted by Gasteiger charge is 2.18. The first kappa shape index (κ1) is 14.4. The number of hydrogen-bond acceptors (Lipinski definition) is 2. The molecule has 0 saturated carbocycles. The Hall–Kier alpha value is -1.51. The molecule has 1 aliphatic heterocycles. The van der Waals surface area contributed by atoms with Crippen LogP contribution >= 0.6 is 11.6 Å². The fraction of sp³-hybridized carbons (Fsp3) is 0.333. The lowest BCUT2D eigenvalue weighted by Gasteiger charge is -2.26. The number of aryl methyl sites for hydroxylation is 1. The van der Waals surface area contributed by atoms with Crippen LogP contribution in [0.4, 0.5) is 11.4 Å². The van der Waals surface area contributed by atoms with Crippen molar-refractivity contribution in [2.24, 2.45) is 5.73 Å². The molecule has 1 heterocycles. The van der Waals surface area contributed by atoms with Crippen LogP contribution in [-0.2, 0) is 6.42 Å². The average molecular weight is 301 g/mol. The van der Waals surface area contributed by atoms with Crippen LogP contribution in [0.5, 0.6) is 0 Å². The lowest BCUT2D eigenvalue weighted by atomic mass is 10.1. The highest BCUT2D eigenvalue weighted by Crippen LogP contribution is 2.37. The fourth-order valence-corrected chi connectivity index (χ4v) is 3.26. The van der Waals surface area contributed by atoms with E-state index >= 15 is 0 Å². The molecule has 3 heteroatoms. The second kappa shape index (κ2) is 6.08. The fourth-order valence-electron chi connectivity index (χ4n) is 2.97. The highest BCUT2D eigenvalue weighted by atomic mass is 35.5. The Morgan fingerprint density at radius 3 is 2.67 bits per heavy atom. The summed E-state index contributed by atoms with van der Waals surface area (Å²) in [5.74, 6) is 0. The largest absolute Gasteiger partial charge is 0.340 e. The summed E-state index contributed by atoms with van der Waals surface area (Å²) in [4.78, 5) is 2.34. The van der Waals surface area contributed by atoms with Crippen LogP contribution in [0.1, 0.15) is 36.9 Å². The third-order valence-electron chi connectivity index (χ3n) is 4.15. The number of nitrogens with two attached hydrogens (primary N) is 1. The molecule has 0 spiro atoms. The van der Waals surface area contributed by atoms with Gasteiger partial charge in [-0.15, -0.1) is 0 Å². The molecule has 0 bridgehead atoms.